The maximum Gasteiger partial charge on any atom is 0.408 e. The second-order valence-electron chi connectivity index (χ2n) is 28.4. The number of piperidine rings is 2. The molecule has 20 nitrogen and oxygen atoms in total. The van der Waals surface area contributed by atoms with Crippen LogP contribution in [0.25, 0.3) is 22.8 Å². The fourth-order valence-electron chi connectivity index (χ4n) is 15.7. The zero-order chi connectivity index (χ0) is 69.0. The van der Waals surface area contributed by atoms with Crippen LogP contribution in [0.3, 0.4) is 0 Å². The number of esters is 1. The quantitative estimate of drug-likeness (QED) is 0.0377. The third-order valence-corrected chi connectivity index (χ3v) is 21.8. The van der Waals surface area contributed by atoms with Gasteiger partial charge in [0.1, 0.15) is 25.3 Å². The highest BCUT2D eigenvalue weighted by Crippen LogP contribution is 2.42. The molecule has 6 fully saturated rings. The number of ether oxygens (including phenoxy) is 3. The number of amides is 4. The average molecular weight is 1350 g/mol. The summed E-state index contributed by atoms with van der Waals surface area (Å²) in [5, 5.41) is 14.7. The van der Waals surface area contributed by atoms with Crippen LogP contribution in [-0.2, 0) is 59.4 Å². The van der Waals surface area contributed by atoms with E-state index in [0.29, 0.717) is 11.6 Å². The smallest absolute Gasteiger partial charge is 0.408 e. The summed E-state index contributed by atoms with van der Waals surface area (Å²) in [6.45, 7) is 9.77. The molecule has 0 unspecified atom stereocenters. The average Bonchev–Trinajstić information content (AvgIpc) is 0.832. The fraction of sp³-hybridized carbons (Fsp3) is 0.519. The zero-order valence-corrected chi connectivity index (χ0v) is 58.0. The zero-order valence-electron chi connectivity index (χ0n) is 58.0. The van der Waals surface area contributed by atoms with Crippen molar-refractivity contribution >= 4 is 47.3 Å². The first kappa shape index (κ1) is 71.3. The van der Waals surface area contributed by atoms with Gasteiger partial charge in [-0.1, -0.05) is 174 Å². The van der Waals surface area contributed by atoms with Crippen molar-refractivity contribution in [3.8, 4) is 22.8 Å². The standard InChI is InChI=1S/C40H51N5O5.C39H49N5O5/c1-3-7-28-10-14-31(15-11-28)32-18-20-44(21-19-32)35-23-41-37(42-24-35)33-16-12-29(13-17-33)22-36(38(46)45-25-34(26-45)39(47)49-2)43-40(48)50-27-30-8-5-4-6-9-30;1-2-6-27-9-13-30(14-10-27)31-17-19-43(20-18-31)34-22-40-36(41-23-34)32-15-11-28(12-16-32)21-35(37(45)44-24-33(25-44)38(46)47)42-39(48)49-26-29-7-4-3-5-8-29/h4-6,8-9,12-13,16-17,23-24,28,31-32,34,36H,3,7,10-11,14-15,18-22,25-27H2,1-2H3,(H,43,48);3-5,7-8,11-12,15-16,22-23,27,30-31,33,35H,2,6,9-10,13-14,17-21,24-26H2,1H3,(H,42,48)(H,46,47)/t28?,31?,36-;27?,30?,35-/m00/s1. The molecule has 4 saturated heterocycles. The van der Waals surface area contributed by atoms with Crippen molar-refractivity contribution in [2.24, 2.45) is 47.3 Å². The van der Waals surface area contributed by atoms with Gasteiger partial charge in [-0.3, -0.25) is 19.2 Å². The molecule has 4 amide bonds. The Morgan fingerprint density at radius 3 is 1.16 bits per heavy atom. The summed E-state index contributed by atoms with van der Waals surface area (Å²) >= 11 is 0. The molecule has 99 heavy (non-hydrogen) atoms. The van der Waals surface area contributed by atoms with Crippen LogP contribution >= 0.6 is 0 Å². The third kappa shape index (κ3) is 19.7. The Hall–Kier alpha value is -8.94. The molecule has 2 aromatic heterocycles. The van der Waals surface area contributed by atoms with Crippen LogP contribution in [0.2, 0.25) is 0 Å². The first-order valence-electron chi connectivity index (χ1n) is 36.4. The Balaban J connectivity index is 0.000000200. The molecule has 6 heterocycles. The van der Waals surface area contributed by atoms with Crippen molar-refractivity contribution in [1.29, 1.82) is 0 Å². The Bertz CT molecular complexity index is 3540. The minimum atomic E-state index is -0.929. The lowest BCUT2D eigenvalue weighted by atomic mass is 9.72. The van der Waals surface area contributed by atoms with Crippen molar-refractivity contribution in [2.75, 3.05) is 69.3 Å². The van der Waals surface area contributed by atoms with E-state index in [4.69, 9.17) is 34.1 Å². The molecule has 0 radical (unpaired) electrons. The highest BCUT2D eigenvalue weighted by molar-refractivity contribution is 5.89. The Labute approximate surface area is 583 Å². The van der Waals surface area contributed by atoms with Crippen LogP contribution in [-0.4, -0.2) is 142 Å². The number of nitrogens with one attached hydrogen (secondary N) is 2. The molecule has 0 bridgehead atoms. The number of alkyl carbamates (subject to hydrolysis) is 2. The van der Waals surface area contributed by atoms with Crippen LogP contribution in [0.1, 0.15) is 139 Å². The van der Waals surface area contributed by atoms with Crippen LogP contribution in [0.5, 0.6) is 0 Å². The van der Waals surface area contributed by atoms with E-state index in [1.54, 1.807) is 4.90 Å². The molecule has 3 N–H and O–H groups in total. The van der Waals surface area contributed by atoms with Crippen molar-refractivity contribution in [3.05, 3.63) is 156 Å². The number of carboxylic acids is 1. The molecule has 526 valence electrons. The van der Waals surface area contributed by atoms with Crippen LogP contribution in [0, 0.1) is 47.3 Å². The molecule has 6 aliphatic rings. The summed E-state index contributed by atoms with van der Waals surface area (Å²) in [6.07, 6.45) is 28.5. The molecule has 2 saturated carbocycles. The fourth-order valence-corrected chi connectivity index (χ4v) is 15.7. The van der Waals surface area contributed by atoms with Gasteiger partial charge in [-0.25, -0.2) is 29.5 Å². The maximum absolute atomic E-state index is 13.5. The van der Waals surface area contributed by atoms with E-state index in [0.717, 1.165) is 106 Å². The van der Waals surface area contributed by atoms with Crippen LogP contribution in [0.15, 0.2) is 134 Å². The number of carbonyl (C=O) groups excluding carboxylic acids is 5. The molecule has 4 aliphatic heterocycles. The summed E-state index contributed by atoms with van der Waals surface area (Å²) in [5.41, 5.74) is 7.24. The number of carboxylic acid groups (broad SMARTS) is 1. The number of aliphatic carboxylic acids is 1. The lowest BCUT2D eigenvalue weighted by molar-refractivity contribution is -0.157. The first-order chi connectivity index (χ1) is 48.2. The Morgan fingerprint density at radius 1 is 0.465 bits per heavy atom. The number of carbonyl (C=O) groups is 6. The molecule has 20 heteroatoms. The predicted molar refractivity (Wildman–Crippen MR) is 380 cm³/mol. The number of nitrogens with zero attached hydrogens (tertiary/aromatic N) is 8. The lowest BCUT2D eigenvalue weighted by Crippen LogP contribution is -2.59. The molecular formula is C79H100N10O10. The number of hydrogen-bond acceptors (Lipinski definition) is 15. The van der Waals surface area contributed by atoms with E-state index in [1.165, 1.54) is 115 Å². The van der Waals surface area contributed by atoms with E-state index in [1.807, 2.05) is 134 Å². The molecule has 6 aromatic rings. The van der Waals surface area contributed by atoms with Crippen molar-refractivity contribution in [3.63, 3.8) is 0 Å². The Morgan fingerprint density at radius 2 is 0.818 bits per heavy atom. The molecule has 2 atom stereocenters. The first-order valence-corrected chi connectivity index (χ1v) is 36.4. The summed E-state index contributed by atoms with van der Waals surface area (Å²) in [7, 11) is 1.34. The number of hydrogen-bond donors (Lipinski definition) is 3. The van der Waals surface area contributed by atoms with E-state index in [9.17, 15) is 33.9 Å². The van der Waals surface area contributed by atoms with Crippen molar-refractivity contribution < 1.29 is 48.1 Å². The number of likely N-dealkylation sites (tertiary alicyclic amines) is 2. The van der Waals surface area contributed by atoms with Gasteiger partial charge in [0.05, 0.1) is 55.1 Å². The number of methoxy groups -OCH3 is 1. The van der Waals surface area contributed by atoms with Crippen molar-refractivity contribution in [1.82, 2.24) is 40.4 Å². The number of aromatic nitrogens is 4. The summed E-state index contributed by atoms with van der Waals surface area (Å²) in [5.74, 6) is 3.86. The minimum absolute atomic E-state index is 0.0736. The highest BCUT2D eigenvalue weighted by atomic mass is 16.6. The van der Waals surface area contributed by atoms with Gasteiger partial charge in [0, 0.05) is 76.3 Å². The summed E-state index contributed by atoms with van der Waals surface area (Å²) < 4.78 is 15.6. The van der Waals surface area contributed by atoms with Gasteiger partial charge in [-0.05, 0) is 109 Å². The molecule has 12 rings (SSSR count). The lowest BCUT2D eigenvalue weighted by Gasteiger charge is -2.39. The second-order valence-corrected chi connectivity index (χ2v) is 28.4. The van der Waals surface area contributed by atoms with Crippen LogP contribution < -0.4 is 20.4 Å². The van der Waals surface area contributed by atoms with E-state index >= 15 is 0 Å². The van der Waals surface area contributed by atoms with E-state index in [2.05, 4.69) is 34.3 Å². The molecule has 2 aliphatic carbocycles. The number of anilines is 2. The van der Waals surface area contributed by atoms with E-state index < -0.39 is 36.2 Å². The van der Waals surface area contributed by atoms with Gasteiger partial charge in [0.15, 0.2) is 11.6 Å². The Kier molecular flexibility index (Phi) is 25.4. The van der Waals surface area contributed by atoms with Gasteiger partial charge >= 0.3 is 24.1 Å². The van der Waals surface area contributed by atoms with Crippen LogP contribution in [0.4, 0.5) is 21.0 Å². The summed E-state index contributed by atoms with van der Waals surface area (Å²) in [6, 6.07) is 32.3. The minimum Gasteiger partial charge on any atom is -0.481 e. The summed E-state index contributed by atoms with van der Waals surface area (Å²) in [4.78, 5) is 102. The van der Waals surface area contributed by atoms with Gasteiger partial charge in [0.25, 0.3) is 0 Å². The third-order valence-electron chi connectivity index (χ3n) is 21.8. The van der Waals surface area contributed by atoms with E-state index in [-0.39, 0.29) is 75.9 Å². The number of benzene rings is 4. The predicted octanol–water partition coefficient (Wildman–Crippen LogP) is 12.8. The molecular weight excluding hydrogens is 1250 g/mol. The van der Waals surface area contributed by atoms with Gasteiger partial charge < -0.3 is 49.6 Å². The highest BCUT2D eigenvalue weighted by Gasteiger charge is 2.41. The molecule has 4 aromatic carbocycles. The van der Waals surface area contributed by atoms with Gasteiger partial charge in [-0.15, -0.1) is 0 Å². The number of rotatable bonds is 24. The van der Waals surface area contributed by atoms with Gasteiger partial charge in [-0.2, -0.15) is 0 Å². The normalized spacial score (nSPS) is 20.6. The largest absolute Gasteiger partial charge is 0.481 e. The monoisotopic (exact) mass is 1350 g/mol. The van der Waals surface area contributed by atoms with Gasteiger partial charge in [0.2, 0.25) is 11.8 Å². The van der Waals surface area contributed by atoms with Crippen molar-refractivity contribution in [2.45, 2.75) is 155 Å². The molecule has 0 spiro atoms. The SMILES string of the molecule is CCCC1CCC(C2CCN(c3cnc(-c4ccc(C[C@H](NC(=O)OCc5ccccc5)C(=O)N5CC(C(=O)O)C5)cc4)nc3)CC2)CC1.CCCC1CCC(C2CCN(c3cnc(-c4ccc(C[C@H](NC(=O)OCc5ccccc5)C(=O)N5CC(C(=O)OC)C5)cc4)nc3)CC2)CC1. The second kappa shape index (κ2) is 35.2. The maximum atomic E-state index is 13.5. The topological polar surface area (TPSA) is 239 Å².